The van der Waals surface area contributed by atoms with Gasteiger partial charge in [-0.2, -0.15) is 10.2 Å². The van der Waals surface area contributed by atoms with Crippen molar-refractivity contribution < 1.29 is 4.74 Å². The Kier molecular flexibility index (Phi) is 5.40. The van der Waals surface area contributed by atoms with Crippen molar-refractivity contribution in [3.05, 3.63) is 76.5 Å². The van der Waals surface area contributed by atoms with Crippen LogP contribution >= 0.6 is 11.6 Å². The van der Waals surface area contributed by atoms with Gasteiger partial charge in [0.25, 0.3) is 0 Å². The van der Waals surface area contributed by atoms with Crippen molar-refractivity contribution in [1.29, 1.82) is 0 Å². The largest absolute Gasteiger partial charge is 0.375 e. The molecule has 0 saturated carbocycles. The Hall–Kier alpha value is -2.44. The fourth-order valence-corrected chi connectivity index (χ4v) is 2.38. The quantitative estimate of drug-likeness (QED) is 0.487. The Bertz CT molecular complexity index is 845. The third kappa shape index (κ3) is 4.10. The fraction of sp³-hybridized carbons (Fsp3) is 0.235. The van der Waals surface area contributed by atoms with Crippen LogP contribution in [-0.2, 0) is 23.8 Å². The minimum Gasteiger partial charge on any atom is -0.375 e. The van der Waals surface area contributed by atoms with Gasteiger partial charge in [-0.1, -0.05) is 30.3 Å². The fourth-order valence-electron chi connectivity index (χ4n) is 2.20. The molecule has 0 bridgehead atoms. The molecule has 2 aromatic heterocycles. The second-order valence-corrected chi connectivity index (χ2v) is 5.47. The topological polar surface area (TPSA) is 61.9 Å². The predicted octanol–water partition coefficient (Wildman–Crippen LogP) is 2.38. The van der Waals surface area contributed by atoms with Crippen molar-refractivity contribution in [3.63, 3.8) is 0 Å². The van der Waals surface area contributed by atoms with Crippen molar-refractivity contribution in [1.82, 2.24) is 19.6 Å². The number of benzene rings is 1. The van der Waals surface area contributed by atoms with Crippen LogP contribution < -0.4 is 5.43 Å². The number of nitrogens with zero attached hydrogens (tertiary/aromatic N) is 4. The molecule has 124 valence electrons. The standard InChI is InChI=1S/C17H17ClN4O2/c18-10-16-17(23)6-7-22(20-16)15-11-19-21(12-15)8-9-24-13-14-4-2-1-3-5-14/h1-7,11-12H,8-10,13H2. The first kappa shape index (κ1) is 16.4. The molecule has 24 heavy (non-hydrogen) atoms. The smallest absolute Gasteiger partial charge is 0.204 e. The summed E-state index contributed by atoms with van der Waals surface area (Å²) < 4.78 is 9.02. The van der Waals surface area contributed by atoms with Crippen LogP contribution in [0.1, 0.15) is 11.3 Å². The summed E-state index contributed by atoms with van der Waals surface area (Å²) in [6.45, 7) is 1.77. The molecule has 2 heterocycles. The van der Waals surface area contributed by atoms with Crippen molar-refractivity contribution in [2.45, 2.75) is 19.0 Å². The first-order valence-corrected chi connectivity index (χ1v) is 8.09. The minimum atomic E-state index is -0.164. The van der Waals surface area contributed by atoms with Crippen LogP contribution in [0.4, 0.5) is 0 Å². The number of aromatic nitrogens is 4. The minimum absolute atomic E-state index is 0.0845. The van der Waals surface area contributed by atoms with Gasteiger partial charge < -0.3 is 4.74 Å². The summed E-state index contributed by atoms with van der Waals surface area (Å²) in [6.07, 6.45) is 5.14. The van der Waals surface area contributed by atoms with E-state index < -0.39 is 0 Å². The average Bonchev–Trinajstić information content (AvgIpc) is 3.09. The summed E-state index contributed by atoms with van der Waals surface area (Å²) in [7, 11) is 0. The molecule has 0 saturated heterocycles. The Morgan fingerprint density at radius 1 is 1.17 bits per heavy atom. The first-order chi connectivity index (χ1) is 11.8. The maximum atomic E-state index is 11.5. The molecule has 3 aromatic rings. The van der Waals surface area contributed by atoms with E-state index in [1.54, 1.807) is 21.8 Å². The van der Waals surface area contributed by atoms with E-state index in [0.29, 0.717) is 25.5 Å². The maximum Gasteiger partial charge on any atom is 0.204 e. The molecule has 6 nitrogen and oxygen atoms in total. The van der Waals surface area contributed by atoms with Gasteiger partial charge in [0.2, 0.25) is 5.43 Å². The molecule has 0 aliphatic heterocycles. The molecular weight excluding hydrogens is 328 g/mol. The molecule has 0 amide bonds. The second-order valence-electron chi connectivity index (χ2n) is 5.20. The second kappa shape index (κ2) is 7.90. The molecule has 0 unspecified atom stereocenters. The normalized spacial score (nSPS) is 10.9. The summed E-state index contributed by atoms with van der Waals surface area (Å²) in [5, 5.41) is 8.48. The van der Waals surface area contributed by atoms with Crippen LogP contribution in [0.5, 0.6) is 0 Å². The molecule has 0 fully saturated rings. The molecule has 0 aliphatic rings. The molecule has 0 atom stereocenters. The summed E-state index contributed by atoms with van der Waals surface area (Å²) in [4.78, 5) is 11.5. The lowest BCUT2D eigenvalue weighted by Gasteiger charge is -2.05. The van der Waals surface area contributed by atoms with E-state index >= 15 is 0 Å². The lowest BCUT2D eigenvalue weighted by molar-refractivity contribution is 0.111. The number of hydrogen-bond donors (Lipinski definition) is 0. The average molecular weight is 345 g/mol. The van der Waals surface area contributed by atoms with Crippen LogP contribution in [-0.4, -0.2) is 26.2 Å². The highest BCUT2D eigenvalue weighted by Crippen LogP contribution is 2.05. The van der Waals surface area contributed by atoms with Crippen LogP contribution in [0, 0.1) is 0 Å². The zero-order chi connectivity index (χ0) is 16.8. The molecule has 0 spiro atoms. The zero-order valence-corrected chi connectivity index (χ0v) is 13.8. The van der Waals surface area contributed by atoms with E-state index in [1.807, 2.05) is 36.5 Å². The SMILES string of the molecule is O=c1ccn(-c2cnn(CCOCc3ccccc3)c2)nc1CCl. The lowest BCUT2D eigenvalue weighted by Crippen LogP contribution is -2.14. The Morgan fingerprint density at radius 2 is 2.00 bits per heavy atom. The van der Waals surface area contributed by atoms with Crippen LogP contribution in [0.2, 0.25) is 0 Å². The van der Waals surface area contributed by atoms with Gasteiger partial charge in [0, 0.05) is 12.3 Å². The van der Waals surface area contributed by atoms with E-state index in [1.165, 1.54) is 6.07 Å². The van der Waals surface area contributed by atoms with Gasteiger partial charge in [0.05, 0.1) is 38.0 Å². The van der Waals surface area contributed by atoms with Gasteiger partial charge in [-0.25, -0.2) is 4.68 Å². The van der Waals surface area contributed by atoms with Crippen molar-refractivity contribution in [2.75, 3.05) is 6.61 Å². The number of alkyl halides is 1. The van der Waals surface area contributed by atoms with Gasteiger partial charge in [0.15, 0.2) is 0 Å². The highest BCUT2D eigenvalue weighted by atomic mass is 35.5. The third-order valence-electron chi connectivity index (χ3n) is 3.47. The Balaban J connectivity index is 1.56. The number of rotatable bonds is 7. The third-order valence-corrected chi connectivity index (χ3v) is 3.72. The highest BCUT2D eigenvalue weighted by molar-refractivity contribution is 6.16. The van der Waals surface area contributed by atoms with E-state index in [0.717, 1.165) is 11.3 Å². The van der Waals surface area contributed by atoms with E-state index in [9.17, 15) is 4.79 Å². The lowest BCUT2D eigenvalue weighted by atomic mass is 10.2. The summed E-state index contributed by atoms with van der Waals surface area (Å²) >= 11 is 5.72. The van der Waals surface area contributed by atoms with Gasteiger partial charge in [-0.05, 0) is 5.56 Å². The molecule has 0 aliphatic carbocycles. The van der Waals surface area contributed by atoms with Gasteiger partial charge in [-0.3, -0.25) is 9.48 Å². The molecule has 0 radical (unpaired) electrons. The number of ether oxygens (including phenoxy) is 1. The Morgan fingerprint density at radius 3 is 2.79 bits per heavy atom. The molecule has 0 N–H and O–H groups in total. The highest BCUT2D eigenvalue weighted by Gasteiger charge is 2.05. The molecular formula is C17H17ClN4O2. The summed E-state index contributed by atoms with van der Waals surface area (Å²) in [5.74, 6) is 0.0845. The van der Waals surface area contributed by atoms with Crippen LogP contribution in [0.15, 0.2) is 59.8 Å². The van der Waals surface area contributed by atoms with Crippen LogP contribution in [0.3, 0.4) is 0 Å². The first-order valence-electron chi connectivity index (χ1n) is 7.55. The van der Waals surface area contributed by atoms with E-state index in [-0.39, 0.29) is 11.3 Å². The molecule has 7 heteroatoms. The van der Waals surface area contributed by atoms with Crippen molar-refractivity contribution in [2.24, 2.45) is 0 Å². The van der Waals surface area contributed by atoms with Gasteiger partial charge in [0.1, 0.15) is 11.4 Å². The zero-order valence-electron chi connectivity index (χ0n) is 13.0. The summed E-state index contributed by atoms with van der Waals surface area (Å²) in [5.41, 5.74) is 2.07. The summed E-state index contributed by atoms with van der Waals surface area (Å²) in [6, 6.07) is 11.5. The monoisotopic (exact) mass is 344 g/mol. The molecule has 1 aromatic carbocycles. The van der Waals surface area contributed by atoms with Gasteiger partial charge in [-0.15, -0.1) is 11.6 Å². The van der Waals surface area contributed by atoms with Crippen LogP contribution in [0.25, 0.3) is 5.69 Å². The van der Waals surface area contributed by atoms with E-state index in [2.05, 4.69) is 10.2 Å². The molecule has 3 rings (SSSR count). The van der Waals surface area contributed by atoms with Gasteiger partial charge >= 0.3 is 0 Å². The van der Waals surface area contributed by atoms with Crippen molar-refractivity contribution >= 4 is 11.6 Å². The van der Waals surface area contributed by atoms with Crippen molar-refractivity contribution in [3.8, 4) is 5.69 Å². The number of halogens is 1. The maximum absolute atomic E-state index is 11.5. The van der Waals surface area contributed by atoms with E-state index in [4.69, 9.17) is 16.3 Å². The predicted molar refractivity (Wildman–Crippen MR) is 91.3 cm³/mol. The Labute approximate surface area is 144 Å². The number of hydrogen-bond acceptors (Lipinski definition) is 4.